The van der Waals surface area contributed by atoms with Gasteiger partial charge >= 0.3 is 0 Å². The molecule has 128 valence electrons. The van der Waals surface area contributed by atoms with Crippen molar-refractivity contribution in [2.75, 3.05) is 31.1 Å². The summed E-state index contributed by atoms with van der Waals surface area (Å²) in [6.07, 6.45) is 0. The van der Waals surface area contributed by atoms with E-state index in [4.69, 9.17) is 0 Å². The van der Waals surface area contributed by atoms with Gasteiger partial charge in [0, 0.05) is 11.3 Å². The largest absolute Gasteiger partial charge is 0.360 e. The number of fused-ring (bicyclic) bond motifs is 1. The zero-order valence-electron chi connectivity index (χ0n) is 15.3. The van der Waals surface area contributed by atoms with Gasteiger partial charge in [-0.25, -0.2) is 0 Å². The van der Waals surface area contributed by atoms with Crippen LogP contribution in [-0.4, -0.2) is 26.2 Å². The van der Waals surface area contributed by atoms with E-state index in [2.05, 4.69) is 79.4 Å². The Bertz CT molecular complexity index is 871. The Labute approximate surface area is 150 Å². The molecule has 3 aromatic rings. The second-order valence-electron chi connectivity index (χ2n) is 7.34. The minimum Gasteiger partial charge on any atom is -0.360 e. The second-order valence-corrected chi connectivity index (χ2v) is 7.34. The van der Waals surface area contributed by atoms with Crippen molar-refractivity contribution in [2.24, 2.45) is 0 Å². The maximum absolute atomic E-state index is 2.56. The molecule has 0 spiro atoms. The number of quaternary nitrogens is 1. The number of hydrogen-bond donors (Lipinski definition) is 1. The molecule has 25 heavy (non-hydrogen) atoms. The summed E-state index contributed by atoms with van der Waals surface area (Å²) in [4.78, 5) is 4.26. The number of anilines is 1. The average molecular weight is 331 g/mol. The maximum atomic E-state index is 2.56. The number of nitrogens with zero attached hydrogens (tertiary/aromatic N) is 1. The van der Waals surface area contributed by atoms with E-state index in [9.17, 15) is 0 Å². The van der Waals surface area contributed by atoms with Crippen LogP contribution in [0.25, 0.3) is 10.8 Å². The molecule has 0 unspecified atom stereocenters. The summed E-state index contributed by atoms with van der Waals surface area (Å²) in [7, 11) is 0. The molecule has 1 N–H and O–H groups in total. The van der Waals surface area contributed by atoms with Gasteiger partial charge in [0.05, 0.1) is 26.2 Å². The molecule has 0 atom stereocenters. The van der Waals surface area contributed by atoms with Gasteiger partial charge in [-0.05, 0) is 41.8 Å². The van der Waals surface area contributed by atoms with Crippen LogP contribution in [0.1, 0.15) is 16.7 Å². The number of nitrogens with one attached hydrogen (secondary N) is 1. The number of hydrogen-bond acceptors (Lipinski definition) is 1. The lowest BCUT2D eigenvalue weighted by molar-refractivity contribution is -0.914. The monoisotopic (exact) mass is 331 g/mol. The van der Waals surface area contributed by atoms with Gasteiger partial charge in [-0.3, -0.25) is 0 Å². The third-order valence-corrected chi connectivity index (χ3v) is 5.50. The van der Waals surface area contributed by atoms with Gasteiger partial charge in [0.2, 0.25) is 0 Å². The fourth-order valence-electron chi connectivity index (χ4n) is 4.02. The first-order valence-electron chi connectivity index (χ1n) is 9.33. The van der Waals surface area contributed by atoms with E-state index in [0.29, 0.717) is 0 Å². The Hall–Kier alpha value is -2.32. The van der Waals surface area contributed by atoms with Gasteiger partial charge in [-0.2, -0.15) is 0 Å². The molecule has 1 heterocycles. The van der Waals surface area contributed by atoms with E-state index in [1.54, 1.807) is 4.90 Å². The normalized spacial score (nSPS) is 15.7. The molecule has 2 nitrogen and oxygen atoms in total. The van der Waals surface area contributed by atoms with Gasteiger partial charge in [-0.1, -0.05) is 54.6 Å². The molecule has 1 fully saturated rings. The average Bonchev–Trinajstić information content (AvgIpc) is 2.65. The Morgan fingerprint density at radius 3 is 2.48 bits per heavy atom. The summed E-state index contributed by atoms with van der Waals surface area (Å²) in [5, 5.41) is 2.77. The van der Waals surface area contributed by atoms with Crippen LogP contribution in [0.15, 0.2) is 60.7 Å². The topological polar surface area (TPSA) is 7.68 Å². The Morgan fingerprint density at radius 2 is 1.64 bits per heavy atom. The van der Waals surface area contributed by atoms with E-state index >= 15 is 0 Å². The molecule has 2 heteroatoms. The Kier molecular flexibility index (Phi) is 4.46. The highest BCUT2D eigenvalue weighted by molar-refractivity contribution is 5.85. The highest BCUT2D eigenvalue weighted by Gasteiger charge is 2.21. The zero-order chi connectivity index (χ0) is 17.2. The lowest BCUT2D eigenvalue weighted by Crippen LogP contribution is -3.13. The molecule has 1 aliphatic rings. The van der Waals surface area contributed by atoms with Gasteiger partial charge in [0.15, 0.2) is 0 Å². The molecule has 1 saturated heterocycles. The number of piperazine rings is 1. The minimum absolute atomic E-state index is 1.13. The third-order valence-electron chi connectivity index (χ3n) is 5.50. The highest BCUT2D eigenvalue weighted by Crippen LogP contribution is 2.22. The number of rotatable bonds is 3. The van der Waals surface area contributed by atoms with Crippen molar-refractivity contribution in [3.8, 4) is 0 Å². The molecule has 0 radical (unpaired) electrons. The fraction of sp³-hybridized carbons (Fsp3) is 0.304. The summed E-state index contributed by atoms with van der Waals surface area (Å²) in [5.74, 6) is 0. The van der Waals surface area contributed by atoms with E-state index in [1.807, 2.05) is 0 Å². The Morgan fingerprint density at radius 1 is 0.880 bits per heavy atom. The van der Waals surface area contributed by atoms with Crippen molar-refractivity contribution >= 4 is 16.5 Å². The second kappa shape index (κ2) is 6.89. The lowest BCUT2D eigenvalue weighted by Gasteiger charge is -2.34. The van der Waals surface area contributed by atoms with Crippen LogP contribution >= 0.6 is 0 Å². The van der Waals surface area contributed by atoms with Gasteiger partial charge in [0.1, 0.15) is 6.54 Å². The van der Waals surface area contributed by atoms with Crippen LogP contribution in [0.2, 0.25) is 0 Å². The van der Waals surface area contributed by atoms with Crippen LogP contribution in [0.3, 0.4) is 0 Å². The van der Waals surface area contributed by atoms with E-state index < -0.39 is 0 Å². The van der Waals surface area contributed by atoms with Crippen LogP contribution in [-0.2, 0) is 6.54 Å². The predicted octanol–water partition coefficient (Wildman–Crippen LogP) is 3.36. The maximum Gasteiger partial charge on any atom is 0.104 e. The van der Waals surface area contributed by atoms with Gasteiger partial charge in [-0.15, -0.1) is 0 Å². The number of aryl methyl sites for hydroxylation is 2. The predicted molar refractivity (Wildman–Crippen MR) is 106 cm³/mol. The first-order chi connectivity index (χ1) is 12.2. The van der Waals surface area contributed by atoms with Gasteiger partial charge < -0.3 is 9.80 Å². The SMILES string of the molecule is Cc1ccc(C)c(N2CC[NH+](Cc3cccc4ccccc34)CC2)c1. The highest BCUT2D eigenvalue weighted by atomic mass is 15.3. The van der Waals surface area contributed by atoms with Crippen molar-refractivity contribution in [1.29, 1.82) is 0 Å². The van der Waals surface area contributed by atoms with E-state index in [-0.39, 0.29) is 0 Å². The fourth-order valence-corrected chi connectivity index (χ4v) is 4.02. The molecule has 3 aromatic carbocycles. The summed E-state index contributed by atoms with van der Waals surface area (Å²) < 4.78 is 0. The van der Waals surface area contributed by atoms with Crippen molar-refractivity contribution in [1.82, 2.24) is 0 Å². The quantitative estimate of drug-likeness (QED) is 0.773. The summed E-state index contributed by atoms with van der Waals surface area (Å²) in [6.45, 7) is 10.2. The van der Waals surface area contributed by atoms with E-state index in [0.717, 1.165) is 19.6 Å². The van der Waals surface area contributed by atoms with Crippen LogP contribution in [0, 0.1) is 13.8 Å². The van der Waals surface area contributed by atoms with Crippen molar-refractivity contribution in [3.05, 3.63) is 77.4 Å². The molecular formula is C23H27N2+. The minimum atomic E-state index is 1.13. The van der Waals surface area contributed by atoms with E-state index in [1.165, 1.54) is 46.2 Å². The summed E-state index contributed by atoms with van der Waals surface area (Å²) >= 11 is 0. The first kappa shape index (κ1) is 16.2. The third kappa shape index (κ3) is 3.40. The molecule has 0 aliphatic carbocycles. The molecular weight excluding hydrogens is 304 g/mol. The smallest absolute Gasteiger partial charge is 0.104 e. The van der Waals surface area contributed by atoms with Crippen molar-refractivity contribution < 1.29 is 4.90 Å². The Balaban J connectivity index is 1.46. The molecule has 4 rings (SSSR count). The van der Waals surface area contributed by atoms with Crippen LogP contribution in [0.4, 0.5) is 5.69 Å². The molecule has 1 aliphatic heterocycles. The molecule has 0 bridgehead atoms. The summed E-state index contributed by atoms with van der Waals surface area (Å²) in [6, 6.07) is 22.3. The van der Waals surface area contributed by atoms with Crippen molar-refractivity contribution in [2.45, 2.75) is 20.4 Å². The van der Waals surface area contributed by atoms with Gasteiger partial charge in [0.25, 0.3) is 0 Å². The molecule has 0 aromatic heterocycles. The van der Waals surface area contributed by atoms with Crippen molar-refractivity contribution in [3.63, 3.8) is 0 Å². The first-order valence-corrected chi connectivity index (χ1v) is 9.33. The van der Waals surface area contributed by atoms with Crippen LogP contribution < -0.4 is 9.80 Å². The lowest BCUT2D eigenvalue weighted by atomic mass is 10.0. The zero-order valence-corrected chi connectivity index (χ0v) is 15.3. The molecule has 0 saturated carbocycles. The summed E-state index contributed by atoms with van der Waals surface area (Å²) in [5.41, 5.74) is 5.65. The van der Waals surface area contributed by atoms with Crippen LogP contribution in [0.5, 0.6) is 0 Å². The standard InChI is InChI=1S/C23H26N2/c1-18-10-11-19(2)23(16-18)25-14-12-24(13-15-25)17-21-8-5-7-20-6-3-4-9-22(20)21/h3-11,16H,12-15,17H2,1-2H3/p+1. The molecule has 0 amide bonds. The number of benzene rings is 3.